The van der Waals surface area contributed by atoms with Crippen molar-refractivity contribution in [1.82, 2.24) is 15.1 Å². The minimum absolute atomic E-state index is 0.147. The molecule has 5 nitrogen and oxygen atoms in total. The molecule has 0 spiro atoms. The fraction of sp³-hybridized carbons (Fsp3) is 0.471. The number of aromatic nitrogens is 2. The van der Waals surface area contributed by atoms with Crippen LogP contribution in [0.2, 0.25) is 0 Å². The van der Waals surface area contributed by atoms with Crippen molar-refractivity contribution in [1.29, 1.82) is 0 Å². The predicted molar refractivity (Wildman–Crippen MR) is 88.5 cm³/mol. The van der Waals surface area contributed by atoms with E-state index in [0.717, 1.165) is 30.5 Å². The third kappa shape index (κ3) is 2.72. The summed E-state index contributed by atoms with van der Waals surface area (Å²) in [7, 11) is 0. The number of hydrogen-bond acceptors (Lipinski definition) is 4. The fourth-order valence-corrected chi connectivity index (χ4v) is 4.06. The molecule has 1 amide bonds. The summed E-state index contributed by atoms with van der Waals surface area (Å²) in [4.78, 5) is 15.2. The molecule has 1 saturated carbocycles. The maximum absolute atomic E-state index is 12.8. The highest BCUT2D eigenvalue weighted by atomic mass is 32.1. The number of carbonyl (C=O) groups excluding carboxylic acids is 1. The molecule has 1 N–H and O–H groups in total. The summed E-state index contributed by atoms with van der Waals surface area (Å²) in [6.07, 6.45) is 6.14. The average Bonchev–Trinajstić information content (AvgIpc) is 3.21. The summed E-state index contributed by atoms with van der Waals surface area (Å²) in [5, 5.41) is 6.60. The van der Waals surface area contributed by atoms with Gasteiger partial charge in [-0.3, -0.25) is 4.79 Å². The number of carbonyl (C=O) groups is 1. The van der Waals surface area contributed by atoms with Gasteiger partial charge in [-0.25, -0.2) is 5.10 Å². The van der Waals surface area contributed by atoms with Crippen molar-refractivity contribution in [2.24, 2.45) is 5.92 Å². The van der Waals surface area contributed by atoms with Gasteiger partial charge in [-0.1, -0.05) is 12.8 Å². The number of nitrogens with one attached hydrogen (secondary N) is 1. The van der Waals surface area contributed by atoms with Gasteiger partial charge in [0.1, 0.15) is 0 Å². The van der Waals surface area contributed by atoms with Crippen LogP contribution in [-0.4, -0.2) is 33.6 Å². The Hall–Kier alpha value is -1.95. The van der Waals surface area contributed by atoms with Crippen LogP contribution in [-0.2, 0) is 0 Å². The molecule has 1 saturated heterocycles. The van der Waals surface area contributed by atoms with Crippen LogP contribution in [0.5, 0.6) is 0 Å². The fourth-order valence-electron chi connectivity index (χ4n) is 3.93. The van der Waals surface area contributed by atoms with Crippen LogP contribution < -0.4 is 0 Å². The third-order valence-corrected chi connectivity index (χ3v) is 5.26. The lowest BCUT2D eigenvalue weighted by molar-refractivity contribution is 0.0690. The number of benzene rings is 1. The standard InChI is InChI=1S/C17H19N3O2S/c21-16(20-10-9-11-3-1-2-4-14(11)20)13-7-5-12(6-8-13)15-18-19-17(23)22-15/h5-8,11,14H,1-4,9-10H2,(H,19,23). The molecule has 4 rings (SSSR count). The zero-order chi connectivity index (χ0) is 15.8. The zero-order valence-corrected chi connectivity index (χ0v) is 13.6. The van der Waals surface area contributed by atoms with Gasteiger partial charge in [0, 0.05) is 23.7 Å². The Balaban J connectivity index is 1.53. The first-order chi connectivity index (χ1) is 11.2. The van der Waals surface area contributed by atoms with Crippen molar-refractivity contribution >= 4 is 18.1 Å². The molecule has 2 atom stereocenters. The van der Waals surface area contributed by atoms with Crippen LogP contribution >= 0.6 is 12.2 Å². The molecular weight excluding hydrogens is 310 g/mol. The quantitative estimate of drug-likeness (QED) is 0.851. The second-order valence-electron chi connectivity index (χ2n) is 6.39. The van der Waals surface area contributed by atoms with E-state index in [1.807, 2.05) is 24.3 Å². The molecule has 120 valence electrons. The predicted octanol–water partition coefficient (Wildman–Crippen LogP) is 3.80. The minimum Gasteiger partial charge on any atom is -0.409 e. The van der Waals surface area contributed by atoms with Crippen LogP contribution in [0, 0.1) is 10.8 Å². The van der Waals surface area contributed by atoms with E-state index >= 15 is 0 Å². The largest absolute Gasteiger partial charge is 0.409 e. The van der Waals surface area contributed by atoms with Crippen molar-refractivity contribution in [2.45, 2.75) is 38.1 Å². The van der Waals surface area contributed by atoms with Crippen molar-refractivity contribution in [3.8, 4) is 11.5 Å². The molecule has 2 aliphatic rings. The number of fused-ring (bicyclic) bond motifs is 1. The lowest BCUT2D eigenvalue weighted by atomic mass is 9.85. The molecule has 2 fully saturated rings. The number of hydrogen-bond donors (Lipinski definition) is 1. The van der Waals surface area contributed by atoms with E-state index in [-0.39, 0.29) is 10.7 Å². The summed E-state index contributed by atoms with van der Waals surface area (Å²) in [6.45, 7) is 0.893. The normalized spacial score (nSPS) is 23.7. The molecule has 1 aliphatic carbocycles. The highest BCUT2D eigenvalue weighted by Gasteiger charge is 2.38. The van der Waals surface area contributed by atoms with Gasteiger partial charge in [0.25, 0.3) is 10.7 Å². The van der Waals surface area contributed by atoms with Crippen LogP contribution in [0.3, 0.4) is 0 Å². The van der Waals surface area contributed by atoms with Crippen molar-refractivity contribution in [2.75, 3.05) is 6.54 Å². The molecular formula is C17H19N3O2S. The van der Waals surface area contributed by atoms with Gasteiger partial charge in [-0.05, 0) is 61.7 Å². The molecule has 1 aliphatic heterocycles. The highest BCUT2D eigenvalue weighted by Crippen LogP contribution is 2.36. The molecule has 2 aromatic rings. The van der Waals surface area contributed by atoms with E-state index in [1.165, 1.54) is 19.3 Å². The first-order valence-corrected chi connectivity index (χ1v) is 8.60. The third-order valence-electron chi connectivity index (χ3n) is 5.09. The number of H-pyrrole nitrogens is 1. The van der Waals surface area contributed by atoms with E-state index in [1.54, 1.807) is 0 Å². The maximum Gasteiger partial charge on any atom is 0.284 e. The Kier molecular flexibility index (Phi) is 3.77. The number of aromatic amines is 1. The van der Waals surface area contributed by atoms with E-state index in [2.05, 4.69) is 15.1 Å². The summed E-state index contributed by atoms with van der Waals surface area (Å²) < 4.78 is 5.29. The first kappa shape index (κ1) is 14.6. The summed E-state index contributed by atoms with van der Waals surface area (Å²) in [5.41, 5.74) is 1.54. The van der Waals surface area contributed by atoms with Gasteiger partial charge in [-0.15, -0.1) is 5.10 Å². The van der Waals surface area contributed by atoms with Crippen LogP contribution in [0.1, 0.15) is 42.5 Å². The monoisotopic (exact) mass is 329 g/mol. The Bertz CT molecular complexity index is 765. The van der Waals surface area contributed by atoms with Gasteiger partial charge in [0.15, 0.2) is 0 Å². The molecule has 1 aromatic heterocycles. The zero-order valence-electron chi connectivity index (χ0n) is 12.8. The lowest BCUT2D eigenvalue weighted by Gasteiger charge is -2.31. The number of rotatable bonds is 2. The second kappa shape index (κ2) is 5.92. The molecule has 2 heterocycles. The highest BCUT2D eigenvalue weighted by molar-refractivity contribution is 7.71. The Morgan fingerprint density at radius 2 is 2.00 bits per heavy atom. The summed E-state index contributed by atoms with van der Waals surface area (Å²) >= 11 is 4.88. The first-order valence-electron chi connectivity index (χ1n) is 8.19. The molecule has 0 radical (unpaired) electrons. The minimum atomic E-state index is 0.147. The smallest absolute Gasteiger partial charge is 0.284 e. The Labute approximate surface area is 139 Å². The average molecular weight is 329 g/mol. The van der Waals surface area contributed by atoms with Gasteiger partial charge >= 0.3 is 0 Å². The van der Waals surface area contributed by atoms with Crippen LogP contribution in [0.4, 0.5) is 0 Å². The number of amides is 1. The van der Waals surface area contributed by atoms with Crippen LogP contribution in [0.25, 0.3) is 11.5 Å². The van der Waals surface area contributed by atoms with Gasteiger partial charge in [-0.2, -0.15) is 0 Å². The molecule has 23 heavy (non-hydrogen) atoms. The molecule has 2 unspecified atom stereocenters. The molecule has 1 aromatic carbocycles. The van der Waals surface area contributed by atoms with Crippen molar-refractivity contribution in [3.05, 3.63) is 34.7 Å². The van der Waals surface area contributed by atoms with E-state index in [9.17, 15) is 4.79 Å². The van der Waals surface area contributed by atoms with E-state index < -0.39 is 0 Å². The maximum atomic E-state index is 12.8. The van der Waals surface area contributed by atoms with E-state index in [4.69, 9.17) is 16.6 Å². The lowest BCUT2D eigenvalue weighted by Crippen LogP contribution is -2.39. The SMILES string of the molecule is O=C(c1ccc(-c2n[nH]c(=S)o2)cc1)N1CCC2CCCCC21. The topological polar surface area (TPSA) is 62.1 Å². The van der Waals surface area contributed by atoms with Crippen molar-refractivity contribution in [3.63, 3.8) is 0 Å². The van der Waals surface area contributed by atoms with Gasteiger partial charge in [0.05, 0.1) is 0 Å². The Morgan fingerprint density at radius 1 is 1.22 bits per heavy atom. The second-order valence-corrected chi connectivity index (χ2v) is 6.77. The molecule has 0 bridgehead atoms. The summed E-state index contributed by atoms with van der Waals surface area (Å²) in [6, 6.07) is 7.86. The van der Waals surface area contributed by atoms with Crippen molar-refractivity contribution < 1.29 is 9.21 Å². The van der Waals surface area contributed by atoms with Gasteiger partial charge < -0.3 is 9.32 Å². The summed E-state index contributed by atoms with van der Waals surface area (Å²) in [5.74, 6) is 1.30. The Morgan fingerprint density at radius 3 is 2.74 bits per heavy atom. The van der Waals surface area contributed by atoms with Gasteiger partial charge in [0.2, 0.25) is 5.89 Å². The van der Waals surface area contributed by atoms with E-state index in [0.29, 0.717) is 17.9 Å². The number of nitrogens with zero attached hydrogens (tertiary/aromatic N) is 2. The van der Waals surface area contributed by atoms with Crippen LogP contribution in [0.15, 0.2) is 28.7 Å². The molecule has 6 heteroatoms. The number of likely N-dealkylation sites (tertiary alicyclic amines) is 1.